The van der Waals surface area contributed by atoms with E-state index in [0.717, 1.165) is 12.0 Å². The summed E-state index contributed by atoms with van der Waals surface area (Å²) in [5.41, 5.74) is 3.08. The molecule has 2 heterocycles. The number of rotatable bonds is 1. The Morgan fingerprint density at radius 2 is 1.65 bits per heavy atom. The lowest BCUT2D eigenvalue weighted by molar-refractivity contribution is 0.00578. The van der Waals surface area contributed by atoms with Gasteiger partial charge in [0.15, 0.2) is 0 Å². The van der Waals surface area contributed by atoms with Gasteiger partial charge in [0.2, 0.25) is 0 Å². The minimum Gasteiger partial charge on any atom is -0.399 e. The van der Waals surface area contributed by atoms with Crippen molar-refractivity contribution in [3.05, 3.63) is 41.6 Å². The summed E-state index contributed by atoms with van der Waals surface area (Å²) in [6, 6.07) is 8.48. The van der Waals surface area contributed by atoms with Crippen molar-refractivity contribution in [1.82, 2.24) is 4.90 Å². The highest BCUT2D eigenvalue weighted by Crippen LogP contribution is 2.41. The first kappa shape index (κ1) is 13.7. The van der Waals surface area contributed by atoms with Gasteiger partial charge in [-0.25, -0.2) is 0 Å². The molecule has 0 atom stereocenters. The summed E-state index contributed by atoms with van der Waals surface area (Å²) in [5, 5.41) is 0. The number of nitrogens with zero attached hydrogens (tertiary/aromatic N) is 1. The number of fused-ring (bicyclic) bond motifs is 1. The molecule has 0 bridgehead atoms. The number of hydrogen-bond acceptors (Lipinski definition) is 3. The highest BCUT2D eigenvalue weighted by molar-refractivity contribution is 6.69. The fourth-order valence-electron chi connectivity index (χ4n) is 2.72. The normalized spacial score (nSPS) is 23.6. The molecule has 20 heavy (non-hydrogen) atoms. The molecule has 4 heteroatoms. The van der Waals surface area contributed by atoms with Gasteiger partial charge in [0, 0.05) is 19.1 Å². The molecule has 0 radical (unpaired) electrons. The van der Waals surface area contributed by atoms with Crippen molar-refractivity contribution in [1.29, 1.82) is 0 Å². The Hall–Kier alpha value is -1.26. The quantitative estimate of drug-likeness (QED) is 0.732. The molecule has 1 fully saturated rings. The summed E-state index contributed by atoms with van der Waals surface area (Å²) >= 11 is 0. The van der Waals surface area contributed by atoms with Crippen LogP contribution in [-0.4, -0.2) is 30.3 Å². The maximum absolute atomic E-state index is 6.19. The Labute approximate surface area is 121 Å². The van der Waals surface area contributed by atoms with E-state index in [0.29, 0.717) is 0 Å². The Bertz CT molecular complexity index is 549. The molecule has 0 spiro atoms. The van der Waals surface area contributed by atoms with E-state index in [1.165, 1.54) is 11.1 Å². The van der Waals surface area contributed by atoms with Crippen LogP contribution in [0, 0.1) is 0 Å². The van der Waals surface area contributed by atoms with Gasteiger partial charge < -0.3 is 14.2 Å². The first-order valence-electron chi connectivity index (χ1n) is 7.16. The minimum absolute atomic E-state index is 0.302. The van der Waals surface area contributed by atoms with E-state index in [1.807, 2.05) is 0 Å². The summed E-state index contributed by atoms with van der Waals surface area (Å²) in [4.78, 5) is 2.18. The zero-order valence-corrected chi connectivity index (χ0v) is 12.9. The standard InChI is InChI=1S/C16H22BNO2/c1-15(2)16(3,4)20-17(19-15)14-11-18(5)10-12-8-6-7-9-13(12)14/h6-9,11H,10H2,1-5H3. The molecule has 0 amide bonds. The Morgan fingerprint density at radius 3 is 2.30 bits per heavy atom. The predicted octanol–water partition coefficient (Wildman–Crippen LogP) is 3.10. The van der Waals surface area contributed by atoms with Crippen LogP contribution in [0.15, 0.2) is 30.5 Å². The lowest BCUT2D eigenvalue weighted by Gasteiger charge is -2.32. The maximum Gasteiger partial charge on any atom is 0.496 e. The second-order valence-electron chi connectivity index (χ2n) is 6.74. The number of hydrogen-bond donors (Lipinski definition) is 0. The predicted molar refractivity (Wildman–Crippen MR) is 82.0 cm³/mol. The highest BCUT2D eigenvalue weighted by atomic mass is 16.7. The van der Waals surface area contributed by atoms with Crippen molar-refractivity contribution in [2.45, 2.75) is 45.4 Å². The van der Waals surface area contributed by atoms with Gasteiger partial charge in [-0.15, -0.1) is 0 Å². The Morgan fingerprint density at radius 1 is 1.05 bits per heavy atom. The monoisotopic (exact) mass is 271 g/mol. The molecular formula is C16H22BNO2. The van der Waals surface area contributed by atoms with Crippen molar-refractivity contribution >= 4 is 12.6 Å². The summed E-state index contributed by atoms with van der Waals surface area (Å²) in [6.07, 6.45) is 2.14. The molecule has 1 saturated heterocycles. The summed E-state index contributed by atoms with van der Waals surface area (Å²) in [7, 11) is 1.78. The fourth-order valence-corrected chi connectivity index (χ4v) is 2.72. The van der Waals surface area contributed by atoms with Gasteiger partial charge in [-0.2, -0.15) is 0 Å². The average molecular weight is 271 g/mol. The lowest BCUT2D eigenvalue weighted by Crippen LogP contribution is -2.41. The largest absolute Gasteiger partial charge is 0.496 e. The summed E-state index contributed by atoms with van der Waals surface area (Å²) in [5.74, 6) is 0. The highest BCUT2D eigenvalue weighted by Gasteiger charge is 2.53. The molecule has 1 aromatic rings. The Kier molecular flexibility index (Phi) is 3.00. The molecule has 0 aliphatic carbocycles. The lowest BCUT2D eigenvalue weighted by atomic mass is 9.72. The van der Waals surface area contributed by atoms with Crippen LogP contribution in [0.1, 0.15) is 38.8 Å². The third kappa shape index (κ3) is 2.07. The van der Waals surface area contributed by atoms with Gasteiger partial charge in [0.05, 0.1) is 11.2 Å². The van der Waals surface area contributed by atoms with E-state index in [4.69, 9.17) is 9.31 Å². The van der Waals surface area contributed by atoms with E-state index in [2.05, 4.69) is 70.1 Å². The molecule has 2 aliphatic rings. The topological polar surface area (TPSA) is 21.7 Å². The van der Waals surface area contributed by atoms with Crippen LogP contribution >= 0.6 is 0 Å². The Balaban J connectivity index is 1.99. The van der Waals surface area contributed by atoms with Crippen LogP contribution in [0.4, 0.5) is 0 Å². The molecule has 0 saturated carbocycles. The van der Waals surface area contributed by atoms with Gasteiger partial charge in [0.25, 0.3) is 0 Å². The van der Waals surface area contributed by atoms with E-state index in [-0.39, 0.29) is 18.3 Å². The van der Waals surface area contributed by atoms with Crippen LogP contribution in [0.5, 0.6) is 0 Å². The third-order valence-corrected chi connectivity index (χ3v) is 4.61. The molecular weight excluding hydrogens is 249 g/mol. The van der Waals surface area contributed by atoms with Crippen molar-refractivity contribution in [3.63, 3.8) is 0 Å². The molecule has 0 N–H and O–H groups in total. The van der Waals surface area contributed by atoms with E-state index < -0.39 is 0 Å². The van der Waals surface area contributed by atoms with Gasteiger partial charge in [-0.05, 0) is 45.0 Å². The van der Waals surface area contributed by atoms with Gasteiger partial charge >= 0.3 is 7.12 Å². The van der Waals surface area contributed by atoms with Crippen LogP contribution in [-0.2, 0) is 15.9 Å². The zero-order valence-electron chi connectivity index (χ0n) is 12.9. The molecule has 2 aliphatic heterocycles. The summed E-state index contributed by atoms with van der Waals surface area (Å²) in [6.45, 7) is 9.29. The van der Waals surface area contributed by atoms with Gasteiger partial charge in [-0.3, -0.25) is 0 Å². The van der Waals surface area contributed by atoms with E-state index in [1.54, 1.807) is 0 Å². The van der Waals surface area contributed by atoms with E-state index >= 15 is 0 Å². The average Bonchev–Trinajstić information content (AvgIpc) is 2.57. The van der Waals surface area contributed by atoms with Crippen LogP contribution in [0.3, 0.4) is 0 Å². The zero-order chi connectivity index (χ0) is 14.5. The first-order chi connectivity index (χ1) is 9.30. The van der Waals surface area contributed by atoms with Gasteiger partial charge in [0.1, 0.15) is 0 Å². The van der Waals surface area contributed by atoms with Crippen molar-refractivity contribution in [2.24, 2.45) is 0 Å². The molecule has 106 valence electrons. The maximum atomic E-state index is 6.19. The molecule has 3 nitrogen and oxygen atoms in total. The van der Waals surface area contributed by atoms with E-state index in [9.17, 15) is 0 Å². The van der Waals surface area contributed by atoms with Crippen molar-refractivity contribution in [2.75, 3.05) is 7.05 Å². The van der Waals surface area contributed by atoms with Crippen molar-refractivity contribution in [3.8, 4) is 0 Å². The van der Waals surface area contributed by atoms with Crippen LogP contribution in [0.25, 0.3) is 5.47 Å². The first-order valence-corrected chi connectivity index (χ1v) is 7.16. The smallest absolute Gasteiger partial charge is 0.399 e. The molecule has 1 aromatic carbocycles. The van der Waals surface area contributed by atoms with Crippen LogP contribution < -0.4 is 0 Å². The van der Waals surface area contributed by atoms with Crippen molar-refractivity contribution < 1.29 is 9.31 Å². The second kappa shape index (κ2) is 4.37. The molecule has 0 aromatic heterocycles. The van der Waals surface area contributed by atoms with Gasteiger partial charge in [-0.1, -0.05) is 24.3 Å². The number of benzene rings is 1. The molecule has 0 unspecified atom stereocenters. The fraction of sp³-hybridized carbons (Fsp3) is 0.500. The summed E-state index contributed by atoms with van der Waals surface area (Å²) < 4.78 is 12.4. The SMILES string of the molecule is CN1C=C(B2OC(C)(C)C(C)(C)O2)c2ccccc2C1. The third-order valence-electron chi connectivity index (χ3n) is 4.61. The minimum atomic E-state index is -0.302. The van der Waals surface area contributed by atoms with Crippen LogP contribution in [0.2, 0.25) is 0 Å². The second-order valence-corrected chi connectivity index (χ2v) is 6.74. The molecule has 3 rings (SSSR count).